The number of hydrogen-bond acceptors (Lipinski definition) is 3. The maximum absolute atomic E-state index is 11.3. The van der Waals surface area contributed by atoms with Gasteiger partial charge in [0.05, 0.1) is 0 Å². The average Bonchev–Trinajstić information content (AvgIpc) is 2.81. The molecule has 1 aromatic heterocycles. The number of rotatable bonds is 8. The quantitative estimate of drug-likeness (QED) is 0.631. The molecular formula is C12H18N2O3S. The van der Waals surface area contributed by atoms with Crippen LogP contribution in [0.25, 0.3) is 0 Å². The number of urea groups is 1. The van der Waals surface area contributed by atoms with Crippen molar-refractivity contribution in [2.75, 3.05) is 13.1 Å². The number of aliphatic carboxylic acids is 1. The van der Waals surface area contributed by atoms with E-state index in [1.54, 1.807) is 11.3 Å². The summed E-state index contributed by atoms with van der Waals surface area (Å²) in [5.74, 6) is -0.796. The summed E-state index contributed by atoms with van der Waals surface area (Å²) in [6, 6.07) is 3.83. The highest BCUT2D eigenvalue weighted by molar-refractivity contribution is 7.09. The summed E-state index contributed by atoms with van der Waals surface area (Å²) in [7, 11) is 0. The number of carbonyl (C=O) groups excluding carboxylic acids is 1. The summed E-state index contributed by atoms with van der Waals surface area (Å²) in [5, 5.41) is 15.9. The van der Waals surface area contributed by atoms with Gasteiger partial charge in [-0.05, 0) is 30.7 Å². The fourth-order valence-corrected chi connectivity index (χ4v) is 2.13. The number of carbonyl (C=O) groups is 2. The lowest BCUT2D eigenvalue weighted by atomic mass is 10.2. The minimum absolute atomic E-state index is 0.154. The molecule has 0 aromatic carbocycles. The van der Waals surface area contributed by atoms with Crippen LogP contribution in [0.15, 0.2) is 17.5 Å². The van der Waals surface area contributed by atoms with Gasteiger partial charge in [0.2, 0.25) is 0 Å². The molecule has 2 amide bonds. The number of nitrogens with one attached hydrogen (secondary N) is 2. The number of unbranched alkanes of at least 4 members (excludes halogenated alkanes) is 1. The fourth-order valence-electron chi connectivity index (χ4n) is 1.42. The maximum atomic E-state index is 11.3. The first-order chi connectivity index (χ1) is 8.68. The monoisotopic (exact) mass is 270 g/mol. The molecule has 0 aliphatic carbocycles. The second-order valence-corrected chi connectivity index (χ2v) is 4.90. The highest BCUT2D eigenvalue weighted by Gasteiger charge is 2.00. The Bertz CT molecular complexity index is 365. The summed E-state index contributed by atoms with van der Waals surface area (Å²) in [6.07, 6.45) is 2.27. The summed E-state index contributed by atoms with van der Waals surface area (Å²) in [4.78, 5) is 22.8. The number of amides is 2. The van der Waals surface area contributed by atoms with Crippen LogP contribution in [0.1, 0.15) is 24.1 Å². The molecule has 0 fully saturated rings. The second kappa shape index (κ2) is 8.52. The number of carboxylic acid groups (broad SMARTS) is 1. The van der Waals surface area contributed by atoms with Gasteiger partial charge in [-0.1, -0.05) is 6.07 Å². The predicted octanol–water partition coefficient (Wildman–Crippen LogP) is 1.84. The third-order valence-electron chi connectivity index (χ3n) is 2.34. The van der Waals surface area contributed by atoms with Gasteiger partial charge in [-0.2, -0.15) is 0 Å². The van der Waals surface area contributed by atoms with Gasteiger partial charge in [0.15, 0.2) is 0 Å². The Kier molecular flexibility index (Phi) is 6.86. The Labute approximate surface area is 110 Å². The molecule has 18 heavy (non-hydrogen) atoms. The van der Waals surface area contributed by atoms with Gasteiger partial charge in [0.1, 0.15) is 0 Å². The summed E-state index contributed by atoms with van der Waals surface area (Å²) < 4.78 is 0. The zero-order valence-electron chi connectivity index (χ0n) is 10.1. The molecule has 0 saturated heterocycles. The lowest BCUT2D eigenvalue weighted by molar-refractivity contribution is -0.137. The van der Waals surface area contributed by atoms with Gasteiger partial charge in [-0.25, -0.2) is 4.79 Å². The van der Waals surface area contributed by atoms with E-state index in [4.69, 9.17) is 5.11 Å². The van der Waals surface area contributed by atoms with Crippen molar-refractivity contribution >= 4 is 23.3 Å². The first-order valence-corrected chi connectivity index (χ1v) is 6.82. The minimum Gasteiger partial charge on any atom is -0.481 e. The zero-order chi connectivity index (χ0) is 13.2. The summed E-state index contributed by atoms with van der Waals surface area (Å²) >= 11 is 1.67. The number of carboxylic acids is 1. The molecule has 5 nitrogen and oxygen atoms in total. The molecule has 0 radical (unpaired) electrons. The average molecular weight is 270 g/mol. The van der Waals surface area contributed by atoms with Crippen LogP contribution in [0.5, 0.6) is 0 Å². The van der Waals surface area contributed by atoms with Crippen LogP contribution in [-0.4, -0.2) is 30.2 Å². The van der Waals surface area contributed by atoms with Crippen LogP contribution in [0.2, 0.25) is 0 Å². The molecule has 1 rings (SSSR count). The van der Waals surface area contributed by atoms with Crippen LogP contribution in [0.4, 0.5) is 4.79 Å². The van der Waals surface area contributed by atoms with Gasteiger partial charge in [0, 0.05) is 24.4 Å². The van der Waals surface area contributed by atoms with E-state index in [-0.39, 0.29) is 12.5 Å². The minimum atomic E-state index is -0.796. The molecule has 0 unspecified atom stereocenters. The highest BCUT2D eigenvalue weighted by Crippen LogP contribution is 2.07. The van der Waals surface area contributed by atoms with Crippen LogP contribution in [-0.2, 0) is 11.2 Å². The van der Waals surface area contributed by atoms with E-state index in [0.717, 1.165) is 6.42 Å². The van der Waals surface area contributed by atoms with Crippen LogP contribution in [0, 0.1) is 0 Å². The SMILES string of the molecule is O=C(O)CCCCNC(=O)NCCc1cccs1. The van der Waals surface area contributed by atoms with Crippen molar-refractivity contribution in [3.63, 3.8) is 0 Å². The first kappa shape index (κ1) is 14.5. The smallest absolute Gasteiger partial charge is 0.314 e. The van der Waals surface area contributed by atoms with E-state index in [1.807, 2.05) is 17.5 Å². The van der Waals surface area contributed by atoms with E-state index < -0.39 is 5.97 Å². The van der Waals surface area contributed by atoms with Crippen molar-refractivity contribution in [2.24, 2.45) is 0 Å². The van der Waals surface area contributed by atoms with Crippen molar-refractivity contribution in [3.8, 4) is 0 Å². The van der Waals surface area contributed by atoms with Crippen molar-refractivity contribution in [1.82, 2.24) is 10.6 Å². The first-order valence-electron chi connectivity index (χ1n) is 5.94. The maximum Gasteiger partial charge on any atom is 0.314 e. The van der Waals surface area contributed by atoms with E-state index in [1.165, 1.54) is 4.88 Å². The van der Waals surface area contributed by atoms with Gasteiger partial charge >= 0.3 is 12.0 Å². The van der Waals surface area contributed by atoms with Crippen molar-refractivity contribution in [3.05, 3.63) is 22.4 Å². The van der Waals surface area contributed by atoms with Crippen LogP contribution < -0.4 is 10.6 Å². The molecule has 0 bridgehead atoms. The normalized spacial score (nSPS) is 10.0. The second-order valence-electron chi connectivity index (χ2n) is 3.86. The number of hydrogen-bond donors (Lipinski definition) is 3. The Morgan fingerprint density at radius 2 is 2.00 bits per heavy atom. The topological polar surface area (TPSA) is 78.4 Å². The molecule has 1 aromatic rings. The predicted molar refractivity (Wildman–Crippen MR) is 70.9 cm³/mol. The van der Waals surface area contributed by atoms with Gasteiger partial charge in [0.25, 0.3) is 0 Å². The van der Waals surface area contributed by atoms with Gasteiger partial charge in [-0.3, -0.25) is 4.79 Å². The Morgan fingerprint density at radius 3 is 2.67 bits per heavy atom. The summed E-state index contributed by atoms with van der Waals surface area (Å²) in [5.41, 5.74) is 0. The largest absolute Gasteiger partial charge is 0.481 e. The highest BCUT2D eigenvalue weighted by atomic mass is 32.1. The van der Waals surface area contributed by atoms with Gasteiger partial charge in [-0.15, -0.1) is 11.3 Å². The molecule has 3 N–H and O–H groups in total. The summed E-state index contributed by atoms with van der Waals surface area (Å²) in [6.45, 7) is 1.12. The van der Waals surface area contributed by atoms with E-state index in [2.05, 4.69) is 10.6 Å². The molecule has 100 valence electrons. The van der Waals surface area contributed by atoms with E-state index in [9.17, 15) is 9.59 Å². The Balaban J connectivity index is 1.95. The molecule has 0 aliphatic rings. The van der Waals surface area contributed by atoms with E-state index in [0.29, 0.717) is 25.9 Å². The molecule has 0 atom stereocenters. The molecular weight excluding hydrogens is 252 g/mol. The van der Waals surface area contributed by atoms with Crippen molar-refractivity contribution in [2.45, 2.75) is 25.7 Å². The molecule has 0 spiro atoms. The van der Waals surface area contributed by atoms with Crippen molar-refractivity contribution < 1.29 is 14.7 Å². The number of thiophene rings is 1. The third-order valence-corrected chi connectivity index (χ3v) is 3.28. The lowest BCUT2D eigenvalue weighted by Crippen LogP contribution is -2.37. The Hall–Kier alpha value is -1.56. The molecule has 0 aliphatic heterocycles. The van der Waals surface area contributed by atoms with E-state index >= 15 is 0 Å². The zero-order valence-corrected chi connectivity index (χ0v) is 11.0. The van der Waals surface area contributed by atoms with Crippen molar-refractivity contribution in [1.29, 1.82) is 0 Å². The third kappa shape index (κ3) is 6.90. The molecule has 0 saturated carbocycles. The Morgan fingerprint density at radius 1 is 1.22 bits per heavy atom. The van der Waals surface area contributed by atoms with Crippen LogP contribution in [0.3, 0.4) is 0 Å². The van der Waals surface area contributed by atoms with Gasteiger partial charge < -0.3 is 15.7 Å². The molecule has 6 heteroatoms. The molecule has 1 heterocycles. The van der Waals surface area contributed by atoms with Crippen LogP contribution >= 0.6 is 11.3 Å². The fraction of sp³-hybridized carbons (Fsp3) is 0.500. The lowest BCUT2D eigenvalue weighted by Gasteiger charge is -2.06. The standard InChI is InChI=1S/C12H18N2O3S/c15-11(16)5-1-2-7-13-12(17)14-8-6-10-4-3-9-18-10/h3-4,9H,1-2,5-8H2,(H,15,16)(H2,13,14,17).